The standard InChI is InChI=1S/C13H19ClN2O2/c14-10-6-5-7-11(15)12(10)13(18)16-8-3-1-2-4-9-17/h5-7,17H,1-4,8-9,15H2,(H,16,18). The number of aliphatic hydroxyl groups excluding tert-OH is 1. The quantitative estimate of drug-likeness (QED) is 0.525. The number of carbonyl (C=O) groups is 1. The van der Waals surface area contributed by atoms with Crippen molar-refractivity contribution in [1.82, 2.24) is 5.32 Å². The third-order valence-corrected chi connectivity index (χ3v) is 2.96. The van der Waals surface area contributed by atoms with Gasteiger partial charge in [0.1, 0.15) is 0 Å². The Morgan fingerprint density at radius 2 is 2.00 bits per heavy atom. The molecule has 0 spiro atoms. The lowest BCUT2D eigenvalue weighted by atomic mass is 10.1. The van der Waals surface area contributed by atoms with Crippen molar-refractivity contribution in [2.75, 3.05) is 18.9 Å². The average molecular weight is 271 g/mol. The molecule has 1 aromatic carbocycles. The molecule has 0 radical (unpaired) electrons. The minimum atomic E-state index is -0.236. The molecule has 1 aromatic rings. The third-order valence-electron chi connectivity index (χ3n) is 2.64. The molecule has 0 aliphatic rings. The Balaban J connectivity index is 2.37. The number of hydrogen-bond donors (Lipinski definition) is 3. The maximum Gasteiger partial charge on any atom is 0.254 e. The number of anilines is 1. The molecule has 1 amide bonds. The maximum atomic E-state index is 11.9. The van der Waals surface area contributed by atoms with E-state index in [1.807, 2.05) is 0 Å². The van der Waals surface area contributed by atoms with Gasteiger partial charge in [-0.15, -0.1) is 0 Å². The summed E-state index contributed by atoms with van der Waals surface area (Å²) in [4.78, 5) is 11.9. The van der Waals surface area contributed by atoms with Gasteiger partial charge in [0.15, 0.2) is 0 Å². The van der Waals surface area contributed by atoms with Gasteiger partial charge in [-0.2, -0.15) is 0 Å². The number of carbonyl (C=O) groups excluding carboxylic acids is 1. The van der Waals surface area contributed by atoms with Crippen molar-refractivity contribution in [2.45, 2.75) is 25.7 Å². The first kappa shape index (κ1) is 14.8. The number of amides is 1. The van der Waals surface area contributed by atoms with Gasteiger partial charge in [-0.3, -0.25) is 4.79 Å². The molecular weight excluding hydrogens is 252 g/mol. The molecule has 0 bridgehead atoms. The van der Waals surface area contributed by atoms with Crippen LogP contribution in [0.25, 0.3) is 0 Å². The Morgan fingerprint density at radius 1 is 1.28 bits per heavy atom. The Morgan fingerprint density at radius 3 is 2.67 bits per heavy atom. The molecule has 0 aliphatic carbocycles. The van der Waals surface area contributed by atoms with Crippen LogP contribution in [0.5, 0.6) is 0 Å². The summed E-state index contributed by atoms with van der Waals surface area (Å²) in [6, 6.07) is 5.01. The van der Waals surface area contributed by atoms with Gasteiger partial charge in [-0.05, 0) is 25.0 Å². The van der Waals surface area contributed by atoms with Gasteiger partial charge in [-0.1, -0.05) is 30.5 Å². The van der Waals surface area contributed by atoms with E-state index in [1.54, 1.807) is 18.2 Å². The van der Waals surface area contributed by atoms with Gasteiger partial charge < -0.3 is 16.2 Å². The monoisotopic (exact) mass is 270 g/mol. The van der Waals surface area contributed by atoms with Gasteiger partial charge in [0.25, 0.3) is 5.91 Å². The Kier molecular flexibility index (Phi) is 6.54. The molecule has 0 saturated carbocycles. The van der Waals surface area contributed by atoms with Crippen LogP contribution in [0.15, 0.2) is 18.2 Å². The van der Waals surface area contributed by atoms with Crippen LogP contribution in [0.3, 0.4) is 0 Å². The van der Waals surface area contributed by atoms with Gasteiger partial charge in [-0.25, -0.2) is 0 Å². The molecule has 0 fully saturated rings. The van der Waals surface area contributed by atoms with Crippen molar-refractivity contribution in [3.63, 3.8) is 0 Å². The molecule has 0 aliphatic heterocycles. The number of nitrogen functional groups attached to an aromatic ring is 1. The van der Waals surface area contributed by atoms with Gasteiger partial charge in [0.05, 0.1) is 10.6 Å². The van der Waals surface area contributed by atoms with Gasteiger partial charge in [0.2, 0.25) is 0 Å². The number of aliphatic hydroxyl groups is 1. The molecule has 18 heavy (non-hydrogen) atoms. The number of nitrogens with one attached hydrogen (secondary N) is 1. The van der Waals surface area contributed by atoms with E-state index in [-0.39, 0.29) is 12.5 Å². The highest BCUT2D eigenvalue weighted by atomic mass is 35.5. The molecule has 0 atom stereocenters. The molecule has 0 aromatic heterocycles. The zero-order valence-corrected chi connectivity index (χ0v) is 11.0. The molecule has 0 saturated heterocycles. The fraction of sp³-hybridized carbons (Fsp3) is 0.462. The van der Waals surface area contributed by atoms with E-state index in [0.29, 0.717) is 22.8 Å². The zero-order valence-electron chi connectivity index (χ0n) is 10.3. The van der Waals surface area contributed by atoms with E-state index < -0.39 is 0 Å². The number of nitrogens with two attached hydrogens (primary N) is 1. The Labute approximate surface area is 112 Å². The van der Waals surface area contributed by atoms with Gasteiger partial charge >= 0.3 is 0 Å². The van der Waals surface area contributed by atoms with E-state index in [4.69, 9.17) is 22.4 Å². The molecule has 100 valence electrons. The summed E-state index contributed by atoms with van der Waals surface area (Å²) in [7, 11) is 0. The Bertz CT molecular complexity index is 376. The molecule has 5 heteroatoms. The van der Waals surface area contributed by atoms with Crippen LogP contribution in [0.2, 0.25) is 5.02 Å². The third kappa shape index (κ3) is 4.55. The molecule has 0 unspecified atom stereocenters. The summed E-state index contributed by atoms with van der Waals surface area (Å²) >= 11 is 5.94. The first-order valence-corrected chi connectivity index (χ1v) is 6.47. The SMILES string of the molecule is Nc1cccc(Cl)c1C(=O)NCCCCCCO. The van der Waals surface area contributed by atoms with Crippen LogP contribution in [0, 0.1) is 0 Å². The van der Waals surface area contributed by atoms with Gasteiger partial charge in [0, 0.05) is 18.8 Å². The van der Waals surface area contributed by atoms with Crippen LogP contribution >= 0.6 is 11.6 Å². The van der Waals surface area contributed by atoms with Crippen molar-refractivity contribution >= 4 is 23.2 Å². The minimum Gasteiger partial charge on any atom is -0.398 e. The maximum absolute atomic E-state index is 11.9. The summed E-state index contributed by atoms with van der Waals surface area (Å²) in [6.07, 6.45) is 3.65. The van der Waals surface area contributed by atoms with Crippen molar-refractivity contribution in [3.05, 3.63) is 28.8 Å². The van der Waals surface area contributed by atoms with Crippen molar-refractivity contribution < 1.29 is 9.90 Å². The van der Waals surface area contributed by atoms with E-state index >= 15 is 0 Å². The Hall–Kier alpha value is -1.26. The highest BCUT2D eigenvalue weighted by Gasteiger charge is 2.12. The lowest BCUT2D eigenvalue weighted by molar-refractivity contribution is 0.0954. The van der Waals surface area contributed by atoms with Crippen LogP contribution in [-0.4, -0.2) is 24.2 Å². The molecule has 4 nitrogen and oxygen atoms in total. The number of rotatable bonds is 7. The fourth-order valence-corrected chi connectivity index (χ4v) is 1.93. The summed E-state index contributed by atoms with van der Waals surface area (Å²) in [5.74, 6) is -0.236. The normalized spacial score (nSPS) is 10.3. The lowest BCUT2D eigenvalue weighted by Crippen LogP contribution is -2.25. The predicted octanol–water partition coefficient (Wildman–Crippen LogP) is 2.20. The van der Waals surface area contributed by atoms with E-state index in [0.717, 1.165) is 25.7 Å². The lowest BCUT2D eigenvalue weighted by Gasteiger charge is -2.08. The van der Waals surface area contributed by atoms with Crippen LogP contribution < -0.4 is 11.1 Å². The number of benzene rings is 1. The second-order valence-corrected chi connectivity index (χ2v) is 4.50. The first-order valence-electron chi connectivity index (χ1n) is 6.10. The number of halogens is 1. The smallest absolute Gasteiger partial charge is 0.254 e. The first-order chi connectivity index (χ1) is 8.66. The molecular formula is C13H19ClN2O2. The molecule has 0 heterocycles. The van der Waals surface area contributed by atoms with Crippen molar-refractivity contribution in [2.24, 2.45) is 0 Å². The summed E-state index contributed by atoms with van der Waals surface area (Å²) in [5.41, 5.74) is 6.45. The van der Waals surface area contributed by atoms with E-state index in [9.17, 15) is 4.79 Å². The topological polar surface area (TPSA) is 75.4 Å². The van der Waals surface area contributed by atoms with Crippen LogP contribution in [-0.2, 0) is 0 Å². The number of unbranched alkanes of at least 4 members (excludes halogenated alkanes) is 3. The van der Waals surface area contributed by atoms with Crippen LogP contribution in [0.4, 0.5) is 5.69 Å². The fourth-order valence-electron chi connectivity index (χ4n) is 1.66. The largest absolute Gasteiger partial charge is 0.398 e. The number of hydrogen-bond acceptors (Lipinski definition) is 3. The van der Waals surface area contributed by atoms with Crippen LogP contribution in [0.1, 0.15) is 36.0 Å². The van der Waals surface area contributed by atoms with E-state index in [1.165, 1.54) is 0 Å². The predicted molar refractivity (Wildman–Crippen MR) is 73.8 cm³/mol. The highest BCUT2D eigenvalue weighted by molar-refractivity contribution is 6.34. The summed E-state index contributed by atoms with van der Waals surface area (Å²) in [6.45, 7) is 0.817. The second kappa shape index (κ2) is 7.95. The molecule has 4 N–H and O–H groups in total. The van der Waals surface area contributed by atoms with E-state index in [2.05, 4.69) is 5.32 Å². The second-order valence-electron chi connectivity index (χ2n) is 4.10. The summed E-state index contributed by atoms with van der Waals surface area (Å²) < 4.78 is 0. The minimum absolute atomic E-state index is 0.225. The van der Waals surface area contributed by atoms with Crippen molar-refractivity contribution in [1.29, 1.82) is 0 Å². The zero-order chi connectivity index (χ0) is 13.4. The average Bonchev–Trinajstić information content (AvgIpc) is 2.33. The molecule has 1 rings (SSSR count). The highest BCUT2D eigenvalue weighted by Crippen LogP contribution is 2.21. The summed E-state index contributed by atoms with van der Waals surface area (Å²) in [5, 5.41) is 11.8. The van der Waals surface area contributed by atoms with Crippen molar-refractivity contribution in [3.8, 4) is 0 Å².